The number of nitrogens with zero attached hydrogens (tertiary/aromatic N) is 12. The number of likely N-dealkylation sites (tertiary alicyclic amines) is 5. The van der Waals surface area contributed by atoms with E-state index in [-0.39, 0.29) is 94.6 Å². The Kier molecular flexibility index (Phi) is 50.0. The molecule has 11 rings (SSSR count). The number of carbonyl (C=O) groups is 10. The molecule has 10 fully saturated rings. The highest BCUT2D eigenvalue weighted by Gasteiger charge is 2.34. The lowest BCUT2D eigenvalue weighted by Crippen LogP contribution is -2.51. The van der Waals surface area contributed by atoms with Crippen molar-refractivity contribution in [3.8, 4) is 0 Å². The zero-order valence-electron chi connectivity index (χ0n) is 75.6. The van der Waals surface area contributed by atoms with Gasteiger partial charge in [0.2, 0.25) is 53.2 Å². The standard InChI is InChI=1S/C14H20N2O.C13H24N2O.C11H22N2O.C9H15NO3.C9H17NO.C8H15NO3S.C8H15NO2.C8H15NOS.C8H15NO/c1-12(2)14(17)16-10-8-15(9-11-16)13-6-4-3-5-7-13;1-11(2)13(16)15-9-5-12(6-10-15)14-7-3-4-8-14;1-9(2)11(14)13-7-5-12(6-8-13)10(3)4;1-7(2)9(12)10-5-3-4-8(10)13-6-11;1-8(2)9(11)10-6-4-3-5-7-10;1-7(2)8(10)9-3-5-13(11,12)6-4-9;2*1-7(2)8(10)9-3-5-11-6-4-9;1-7(2)8(10)9-5-3-4-6-9/h3-7,12H,8-11H2,1-2H3;11-12H,3-10H2,1-2H3;9-10H,5-8H2,1-4H3;6-8H,3-5H2,1-2H3;8H,3-7H2,1-2H3;7H,3-6H2,1-2H3;2*7H,3-6H2,1-2H3;7H,3-6H2,1-2H3. The van der Waals surface area contributed by atoms with E-state index in [1.54, 1.807) is 9.80 Å². The van der Waals surface area contributed by atoms with Gasteiger partial charge in [-0.25, -0.2) is 8.42 Å². The molecule has 1 aromatic carbocycles. The highest BCUT2D eigenvalue weighted by atomic mass is 32.2. The molecule has 0 spiro atoms. The minimum atomic E-state index is -2.87. The number of benzene rings is 1. The summed E-state index contributed by atoms with van der Waals surface area (Å²) in [5.74, 6) is 5.63. The maximum Gasteiger partial charge on any atom is 0.295 e. The maximum absolute atomic E-state index is 11.8. The lowest BCUT2D eigenvalue weighted by molar-refractivity contribution is -0.152. The molecule has 0 bridgehead atoms. The average molecular weight is 1670 g/mol. The third-order valence-electron chi connectivity index (χ3n) is 22.0. The van der Waals surface area contributed by atoms with Gasteiger partial charge < -0.3 is 63.4 Å². The lowest BCUT2D eigenvalue weighted by atomic mass is 10.0. The van der Waals surface area contributed by atoms with E-state index < -0.39 is 9.84 Å². The predicted octanol–water partition coefficient (Wildman–Crippen LogP) is 10.2. The summed E-state index contributed by atoms with van der Waals surface area (Å²) >= 11 is 1.93. The van der Waals surface area contributed by atoms with Gasteiger partial charge in [0.05, 0.1) is 24.7 Å². The Balaban J connectivity index is 0.000000339. The fourth-order valence-electron chi connectivity index (χ4n) is 14.8. The van der Waals surface area contributed by atoms with Crippen LogP contribution in [0.25, 0.3) is 0 Å². The summed E-state index contributed by atoms with van der Waals surface area (Å²) in [5.41, 5.74) is 1.25. The minimum absolute atomic E-state index is 0.0316. The van der Waals surface area contributed by atoms with Crippen LogP contribution in [0.1, 0.15) is 209 Å². The van der Waals surface area contributed by atoms with E-state index in [2.05, 4.69) is 57.7 Å². The molecule has 0 radical (unpaired) electrons. The van der Waals surface area contributed by atoms with Gasteiger partial charge >= 0.3 is 0 Å². The molecule has 26 nitrogen and oxygen atoms in total. The first kappa shape index (κ1) is 104. The second-order valence-corrected chi connectivity index (χ2v) is 38.5. The van der Waals surface area contributed by atoms with Gasteiger partial charge in [-0.3, -0.25) is 52.8 Å². The molecule has 1 unspecified atom stereocenters. The van der Waals surface area contributed by atoms with E-state index in [4.69, 9.17) is 9.47 Å². The highest BCUT2D eigenvalue weighted by Crippen LogP contribution is 2.24. The Hall–Kier alpha value is -6.10. The normalized spacial score (nSPS) is 20.0. The number of carbonyl (C=O) groups excluding carboxylic acids is 10. The number of amides is 9. The molecule has 0 saturated carbocycles. The van der Waals surface area contributed by atoms with E-state index in [1.807, 2.05) is 172 Å². The van der Waals surface area contributed by atoms with Gasteiger partial charge in [0.1, 0.15) is 0 Å². The fourth-order valence-corrected chi connectivity index (χ4v) is 16.9. The van der Waals surface area contributed by atoms with Gasteiger partial charge in [-0.1, -0.05) is 143 Å². The second kappa shape index (κ2) is 55.7. The number of anilines is 1. The Bertz CT molecular complexity index is 3030. The van der Waals surface area contributed by atoms with Crippen molar-refractivity contribution in [2.75, 3.05) is 192 Å². The van der Waals surface area contributed by atoms with Crippen molar-refractivity contribution in [2.24, 2.45) is 53.3 Å². The summed E-state index contributed by atoms with van der Waals surface area (Å²) in [6.07, 6.45) is 12.5. The summed E-state index contributed by atoms with van der Waals surface area (Å²) in [7, 11) is -2.87. The van der Waals surface area contributed by atoms with Crippen LogP contribution >= 0.6 is 11.8 Å². The van der Waals surface area contributed by atoms with Crippen molar-refractivity contribution in [3.63, 3.8) is 0 Å². The number of piperidine rings is 2. The van der Waals surface area contributed by atoms with Crippen molar-refractivity contribution in [2.45, 2.75) is 227 Å². The molecule has 0 aliphatic carbocycles. The van der Waals surface area contributed by atoms with Crippen molar-refractivity contribution in [1.29, 1.82) is 0 Å². The first-order valence-corrected chi connectivity index (χ1v) is 47.2. The molecule has 1 aromatic rings. The molecule has 10 saturated heterocycles. The van der Waals surface area contributed by atoms with Gasteiger partial charge in [-0.05, 0) is 103 Å². The zero-order chi connectivity index (χ0) is 86.8. The molecule has 28 heteroatoms. The van der Waals surface area contributed by atoms with Crippen LogP contribution in [0.5, 0.6) is 0 Å². The van der Waals surface area contributed by atoms with Gasteiger partial charge in [0.25, 0.3) is 6.47 Å². The molecule has 10 heterocycles. The van der Waals surface area contributed by atoms with Crippen LogP contribution in [0.15, 0.2) is 30.3 Å². The number of piperazine rings is 2. The maximum atomic E-state index is 11.8. The minimum Gasteiger partial charge on any atom is -0.444 e. The number of sulfone groups is 1. The Morgan fingerprint density at radius 1 is 0.362 bits per heavy atom. The van der Waals surface area contributed by atoms with E-state index in [1.165, 1.54) is 76.6 Å². The SMILES string of the molecule is CC(C)C(=O)N1CCC(N2CCCC2)CC1.CC(C)C(=O)N1CCCC1.CC(C)C(=O)N1CCCC1OC=O.CC(C)C(=O)N1CCCCC1.CC(C)C(=O)N1CCN(C(C)C)CC1.CC(C)C(=O)N1CCN(c2ccccc2)CC1.CC(C)C(=O)N1CCOCC1.CC(C)C(=O)N1CCS(=O)(=O)CC1.CC(C)C(=O)N1CCSCC1. The van der Waals surface area contributed by atoms with E-state index in [0.717, 1.165) is 148 Å². The summed E-state index contributed by atoms with van der Waals surface area (Å²) in [6.45, 7) is 61.7. The number of rotatable bonds is 14. The number of para-hydroxylation sites is 1. The summed E-state index contributed by atoms with van der Waals surface area (Å²) in [6, 6.07) is 11.7. The van der Waals surface area contributed by atoms with Crippen LogP contribution in [-0.4, -0.2) is 327 Å². The van der Waals surface area contributed by atoms with E-state index >= 15 is 0 Å². The Labute approximate surface area is 705 Å². The number of hydrogen-bond donors (Lipinski definition) is 0. The molecule has 1 atom stereocenters. The molecule has 0 aromatic heterocycles. The number of ether oxygens (including phenoxy) is 2. The summed E-state index contributed by atoms with van der Waals surface area (Å²) in [4.78, 5) is 138. The van der Waals surface area contributed by atoms with Crippen LogP contribution in [0.3, 0.4) is 0 Å². The summed E-state index contributed by atoms with van der Waals surface area (Å²) < 4.78 is 32.0. The number of hydrogen-bond acceptors (Lipinski definition) is 18. The quantitative estimate of drug-likeness (QED) is 0.157. The average Bonchev–Trinajstić information content (AvgIpc) is 1.27. The van der Waals surface area contributed by atoms with E-state index in [9.17, 15) is 56.4 Å². The summed E-state index contributed by atoms with van der Waals surface area (Å²) in [5, 5.41) is 0. The van der Waals surface area contributed by atoms with Crippen LogP contribution in [0.4, 0.5) is 5.69 Å². The zero-order valence-corrected chi connectivity index (χ0v) is 77.2. The first-order chi connectivity index (χ1) is 54.8. The smallest absolute Gasteiger partial charge is 0.295 e. The van der Waals surface area contributed by atoms with Crippen molar-refractivity contribution in [3.05, 3.63) is 30.3 Å². The highest BCUT2D eigenvalue weighted by molar-refractivity contribution is 7.99. The Morgan fingerprint density at radius 2 is 0.690 bits per heavy atom. The lowest BCUT2D eigenvalue weighted by Gasteiger charge is -2.37. The fraction of sp³-hybridized carbons (Fsp3) is 0.818. The largest absolute Gasteiger partial charge is 0.444 e. The molecule has 9 amide bonds. The molecule has 116 heavy (non-hydrogen) atoms. The number of morpholine rings is 1. The topological polar surface area (TPSA) is 262 Å². The predicted molar refractivity (Wildman–Crippen MR) is 467 cm³/mol. The van der Waals surface area contributed by atoms with Gasteiger partial charge in [-0.2, -0.15) is 11.8 Å². The second-order valence-electron chi connectivity index (χ2n) is 34.9. The van der Waals surface area contributed by atoms with Gasteiger partial charge in [0, 0.05) is 226 Å². The molecular formula is C88H158N12O14S2. The molecule has 0 N–H and O–H groups in total. The van der Waals surface area contributed by atoms with Gasteiger partial charge in [-0.15, -0.1) is 0 Å². The van der Waals surface area contributed by atoms with Crippen LogP contribution in [0, 0.1) is 53.3 Å². The number of thioether (sulfide) groups is 1. The van der Waals surface area contributed by atoms with Crippen LogP contribution in [-0.2, 0) is 67.3 Å². The van der Waals surface area contributed by atoms with E-state index in [0.29, 0.717) is 74.9 Å². The van der Waals surface area contributed by atoms with Gasteiger partial charge in [0.15, 0.2) is 16.1 Å². The van der Waals surface area contributed by atoms with Crippen LogP contribution < -0.4 is 4.90 Å². The van der Waals surface area contributed by atoms with Crippen molar-refractivity contribution >= 4 is 86.9 Å². The van der Waals surface area contributed by atoms with Crippen LogP contribution in [0.2, 0.25) is 0 Å². The van der Waals surface area contributed by atoms with Crippen molar-refractivity contribution in [1.82, 2.24) is 53.9 Å². The van der Waals surface area contributed by atoms with Crippen molar-refractivity contribution < 1.29 is 65.8 Å². The third kappa shape index (κ3) is 38.5. The Morgan fingerprint density at radius 3 is 1.06 bits per heavy atom. The molecule has 10 aliphatic heterocycles. The molecule has 666 valence electrons. The first-order valence-electron chi connectivity index (χ1n) is 44.2. The monoisotopic (exact) mass is 1670 g/mol. The molecular weight excluding hydrogens is 1510 g/mol. The third-order valence-corrected chi connectivity index (χ3v) is 24.6. The molecule has 10 aliphatic rings.